The van der Waals surface area contributed by atoms with E-state index in [2.05, 4.69) is 15.6 Å². The van der Waals surface area contributed by atoms with Crippen LogP contribution in [0.3, 0.4) is 0 Å². The van der Waals surface area contributed by atoms with Crippen LogP contribution in [-0.4, -0.2) is 31.1 Å². The Morgan fingerprint density at radius 3 is 2.82 bits per heavy atom. The molecule has 0 bridgehead atoms. The lowest BCUT2D eigenvalue weighted by Crippen LogP contribution is -2.48. The van der Waals surface area contributed by atoms with Crippen LogP contribution in [0.15, 0.2) is 18.3 Å². The first-order valence-corrected chi connectivity index (χ1v) is 5.72. The molecule has 17 heavy (non-hydrogen) atoms. The quantitative estimate of drug-likeness (QED) is 0.813. The fourth-order valence-corrected chi connectivity index (χ4v) is 1.71. The van der Waals surface area contributed by atoms with Crippen LogP contribution in [0, 0.1) is 11.8 Å². The van der Waals surface area contributed by atoms with Gasteiger partial charge in [-0.15, -0.1) is 0 Å². The number of carbonyl (C=O) groups excluding carboxylic acids is 1. The molecular weight excluding hydrogens is 218 g/mol. The normalized spacial score (nSPS) is 17.1. The number of aromatic nitrogens is 1. The zero-order valence-electron chi connectivity index (χ0n) is 10.1. The maximum absolute atomic E-state index is 11.9. The van der Waals surface area contributed by atoms with E-state index in [1.807, 2.05) is 6.92 Å². The summed E-state index contributed by atoms with van der Waals surface area (Å²) in [6.45, 7) is 3.81. The van der Waals surface area contributed by atoms with Gasteiger partial charge in [-0.2, -0.15) is 0 Å². The first-order valence-electron chi connectivity index (χ1n) is 5.72. The van der Waals surface area contributed by atoms with Crippen LogP contribution in [0.1, 0.15) is 6.92 Å². The molecule has 5 heteroatoms. The zero-order valence-corrected chi connectivity index (χ0v) is 10.1. The average molecular weight is 235 g/mol. The third-order valence-corrected chi connectivity index (χ3v) is 3.15. The summed E-state index contributed by atoms with van der Waals surface area (Å²) in [6.07, 6.45) is 1.60. The summed E-state index contributed by atoms with van der Waals surface area (Å²) in [4.78, 5) is 15.9. The Balaban J connectivity index is 1.92. The molecule has 0 saturated carbocycles. The molecule has 1 amide bonds. The summed E-state index contributed by atoms with van der Waals surface area (Å²) in [5, 5.41) is 6.02. The summed E-state index contributed by atoms with van der Waals surface area (Å²) < 4.78 is 4.95. The van der Waals surface area contributed by atoms with Crippen molar-refractivity contribution in [1.82, 2.24) is 10.3 Å². The molecule has 1 aliphatic rings. The van der Waals surface area contributed by atoms with Gasteiger partial charge < -0.3 is 15.4 Å². The number of pyridine rings is 1. The monoisotopic (exact) mass is 235 g/mol. The van der Waals surface area contributed by atoms with E-state index in [4.69, 9.17) is 4.74 Å². The van der Waals surface area contributed by atoms with Crippen LogP contribution < -0.4 is 15.4 Å². The Bertz CT molecular complexity index is 387. The molecule has 1 aromatic heterocycles. The van der Waals surface area contributed by atoms with Crippen LogP contribution in [0.25, 0.3) is 0 Å². The molecule has 1 aliphatic heterocycles. The molecule has 1 unspecified atom stereocenters. The molecule has 0 radical (unpaired) electrons. The van der Waals surface area contributed by atoms with Crippen molar-refractivity contribution in [1.29, 1.82) is 0 Å². The molecule has 1 atom stereocenters. The van der Waals surface area contributed by atoms with Gasteiger partial charge in [0.1, 0.15) is 0 Å². The Morgan fingerprint density at radius 1 is 1.59 bits per heavy atom. The lowest BCUT2D eigenvalue weighted by molar-refractivity contribution is -0.121. The molecule has 2 heterocycles. The van der Waals surface area contributed by atoms with Crippen LogP contribution in [0.5, 0.6) is 5.88 Å². The number of nitrogens with zero attached hydrogens (tertiary/aromatic N) is 1. The highest BCUT2D eigenvalue weighted by Crippen LogP contribution is 2.18. The second-order valence-corrected chi connectivity index (χ2v) is 4.29. The molecule has 2 rings (SSSR count). The first kappa shape index (κ1) is 11.9. The van der Waals surface area contributed by atoms with E-state index >= 15 is 0 Å². The van der Waals surface area contributed by atoms with Crippen molar-refractivity contribution >= 4 is 11.6 Å². The van der Waals surface area contributed by atoms with Crippen LogP contribution in [-0.2, 0) is 4.79 Å². The highest BCUT2D eigenvalue weighted by atomic mass is 16.5. The maximum Gasteiger partial charge on any atom is 0.227 e. The van der Waals surface area contributed by atoms with Gasteiger partial charge >= 0.3 is 0 Å². The zero-order chi connectivity index (χ0) is 12.3. The van der Waals surface area contributed by atoms with Crippen molar-refractivity contribution in [2.45, 2.75) is 6.92 Å². The fraction of sp³-hybridized carbons (Fsp3) is 0.500. The smallest absolute Gasteiger partial charge is 0.227 e. The van der Waals surface area contributed by atoms with Crippen molar-refractivity contribution in [2.24, 2.45) is 11.8 Å². The molecule has 1 saturated heterocycles. The van der Waals surface area contributed by atoms with Crippen LogP contribution in [0.4, 0.5) is 5.69 Å². The number of ether oxygens (including phenoxy) is 1. The SMILES string of the molecule is COc1ccc(NC(=O)C(C)C2CNC2)cn1. The summed E-state index contributed by atoms with van der Waals surface area (Å²) in [6, 6.07) is 3.51. The molecule has 5 nitrogen and oxygen atoms in total. The first-order chi connectivity index (χ1) is 8.20. The van der Waals surface area contributed by atoms with Crippen molar-refractivity contribution in [3.8, 4) is 5.88 Å². The summed E-state index contributed by atoms with van der Waals surface area (Å²) in [7, 11) is 1.56. The van der Waals surface area contributed by atoms with Gasteiger partial charge in [0, 0.05) is 12.0 Å². The van der Waals surface area contributed by atoms with E-state index in [1.54, 1.807) is 25.4 Å². The maximum atomic E-state index is 11.9. The minimum Gasteiger partial charge on any atom is -0.481 e. The molecule has 0 aromatic carbocycles. The number of amides is 1. The van der Waals surface area contributed by atoms with E-state index in [1.165, 1.54) is 0 Å². The van der Waals surface area contributed by atoms with E-state index in [9.17, 15) is 4.79 Å². The highest BCUT2D eigenvalue weighted by Gasteiger charge is 2.28. The van der Waals surface area contributed by atoms with E-state index in [-0.39, 0.29) is 11.8 Å². The average Bonchev–Trinajstić information content (AvgIpc) is 2.27. The summed E-state index contributed by atoms with van der Waals surface area (Å²) in [5.41, 5.74) is 0.704. The molecular formula is C12H17N3O2. The Morgan fingerprint density at radius 2 is 2.35 bits per heavy atom. The van der Waals surface area contributed by atoms with E-state index in [0.717, 1.165) is 13.1 Å². The molecule has 0 aliphatic carbocycles. The van der Waals surface area contributed by atoms with Crippen LogP contribution in [0.2, 0.25) is 0 Å². The number of carbonyl (C=O) groups is 1. The van der Waals surface area contributed by atoms with Gasteiger partial charge in [0.15, 0.2) is 0 Å². The lowest BCUT2D eigenvalue weighted by Gasteiger charge is -2.31. The van der Waals surface area contributed by atoms with E-state index < -0.39 is 0 Å². The predicted octanol–water partition coefficient (Wildman–Crippen LogP) is 0.884. The topological polar surface area (TPSA) is 63.2 Å². The van der Waals surface area contributed by atoms with Gasteiger partial charge in [-0.1, -0.05) is 6.92 Å². The van der Waals surface area contributed by atoms with Crippen molar-refractivity contribution in [3.63, 3.8) is 0 Å². The van der Waals surface area contributed by atoms with Crippen molar-refractivity contribution in [2.75, 3.05) is 25.5 Å². The predicted molar refractivity (Wildman–Crippen MR) is 64.9 cm³/mol. The van der Waals surface area contributed by atoms with Gasteiger partial charge in [-0.05, 0) is 25.1 Å². The van der Waals surface area contributed by atoms with Gasteiger partial charge in [0.2, 0.25) is 11.8 Å². The van der Waals surface area contributed by atoms with Gasteiger partial charge in [0.05, 0.1) is 19.0 Å². The molecule has 92 valence electrons. The van der Waals surface area contributed by atoms with Gasteiger partial charge in [-0.25, -0.2) is 4.98 Å². The van der Waals surface area contributed by atoms with E-state index in [0.29, 0.717) is 17.5 Å². The minimum atomic E-state index is 0.0263. The summed E-state index contributed by atoms with van der Waals surface area (Å²) >= 11 is 0. The van der Waals surface area contributed by atoms with Crippen molar-refractivity contribution in [3.05, 3.63) is 18.3 Å². The fourth-order valence-electron chi connectivity index (χ4n) is 1.71. The third kappa shape index (κ3) is 2.74. The number of hydrogen-bond acceptors (Lipinski definition) is 4. The summed E-state index contributed by atoms with van der Waals surface area (Å²) in [5.74, 6) is 1.06. The number of hydrogen-bond donors (Lipinski definition) is 2. The highest BCUT2D eigenvalue weighted by molar-refractivity contribution is 5.92. The molecule has 2 N–H and O–H groups in total. The second-order valence-electron chi connectivity index (χ2n) is 4.29. The largest absolute Gasteiger partial charge is 0.481 e. The number of methoxy groups -OCH3 is 1. The molecule has 1 aromatic rings. The second kappa shape index (κ2) is 5.14. The Hall–Kier alpha value is -1.62. The van der Waals surface area contributed by atoms with Crippen molar-refractivity contribution < 1.29 is 9.53 Å². The molecule has 0 spiro atoms. The standard InChI is InChI=1S/C12H17N3O2/c1-8(9-5-13-6-9)12(16)15-10-3-4-11(17-2)14-7-10/h3-4,7-9,13H,5-6H2,1-2H3,(H,15,16). The number of nitrogens with one attached hydrogen (secondary N) is 2. The van der Waals surface area contributed by atoms with Gasteiger partial charge in [0.25, 0.3) is 0 Å². The lowest BCUT2D eigenvalue weighted by atomic mass is 9.88. The van der Waals surface area contributed by atoms with Crippen LogP contribution >= 0.6 is 0 Å². The molecule has 1 fully saturated rings. The third-order valence-electron chi connectivity index (χ3n) is 3.15. The van der Waals surface area contributed by atoms with Gasteiger partial charge in [-0.3, -0.25) is 4.79 Å². The Labute approximate surface area is 101 Å². The number of anilines is 1. The Kier molecular flexibility index (Phi) is 3.58. The minimum absolute atomic E-state index is 0.0263. The number of rotatable bonds is 4.